The number of fused-ring (bicyclic) bond motifs is 1. The summed E-state index contributed by atoms with van der Waals surface area (Å²) < 4.78 is 0. The van der Waals surface area contributed by atoms with Crippen molar-refractivity contribution in [3.8, 4) is 0 Å². The number of carbonyl (C=O) groups excluding carboxylic acids is 2. The summed E-state index contributed by atoms with van der Waals surface area (Å²) in [4.78, 5) is 34.0. The first kappa shape index (κ1) is 19.6. The Kier molecular flexibility index (Phi) is 5.23. The molecule has 2 fully saturated rings. The van der Waals surface area contributed by atoms with Crippen molar-refractivity contribution in [3.63, 3.8) is 0 Å². The van der Waals surface area contributed by atoms with Crippen molar-refractivity contribution in [1.29, 1.82) is 0 Å². The van der Waals surface area contributed by atoms with Crippen LogP contribution in [0.5, 0.6) is 0 Å². The molecule has 1 aliphatic carbocycles. The van der Waals surface area contributed by atoms with E-state index < -0.39 is 0 Å². The van der Waals surface area contributed by atoms with Crippen molar-refractivity contribution < 1.29 is 9.59 Å². The first-order chi connectivity index (χ1) is 14.6. The van der Waals surface area contributed by atoms with Gasteiger partial charge in [-0.15, -0.1) is 0 Å². The van der Waals surface area contributed by atoms with Crippen LogP contribution in [0.15, 0.2) is 30.3 Å². The van der Waals surface area contributed by atoms with Gasteiger partial charge in [0.1, 0.15) is 5.69 Å². The maximum Gasteiger partial charge on any atom is 0.270 e. The lowest BCUT2D eigenvalue weighted by Gasteiger charge is -2.35. The molecule has 2 aliphatic heterocycles. The number of aromatic amines is 1. The van der Waals surface area contributed by atoms with Crippen molar-refractivity contribution >= 4 is 11.7 Å². The first-order valence-corrected chi connectivity index (χ1v) is 11.5. The fraction of sp³-hybridized carbons (Fsp3) is 0.520. The normalized spacial score (nSPS) is 24.4. The summed E-state index contributed by atoms with van der Waals surface area (Å²) in [6.07, 6.45) is 6.82. The predicted molar refractivity (Wildman–Crippen MR) is 117 cm³/mol. The van der Waals surface area contributed by atoms with Gasteiger partial charge in [-0.3, -0.25) is 14.5 Å². The number of hydrogen-bond acceptors (Lipinski definition) is 3. The van der Waals surface area contributed by atoms with Gasteiger partial charge in [-0.05, 0) is 63.1 Å². The molecule has 5 rings (SSSR count). The molecular formula is C25H31N3O2. The molecule has 1 aromatic carbocycles. The van der Waals surface area contributed by atoms with E-state index in [1.807, 2.05) is 6.92 Å². The Morgan fingerprint density at radius 2 is 1.80 bits per heavy atom. The van der Waals surface area contributed by atoms with Crippen LogP contribution in [-0.2, 0) is 13.0 Å². The number of aryl methyl sites for hydroxylation is 1. The molecule has 3 aliphatic rings. The van der Waals surface area contributed by atoms with E-state index in [-0.39, 0.29) is 17.7 Å². The minimum absolute atomic E-state index is 0.0868. The third-order valence-corrected chi connectivity index (χ3v) is 7.30. The molecule has 1 aromatic heterocycles. The number of nitrogens with zero attached hydrogens (tertiary/aromatic N) is 2. The molecule has 1 N–H and O–H groups in total. The predicted octanol–water partition coefficient (Wildman–Crippen LogP) is 4.11. The average Bonchev–Trinajstić information content (AvgIpc) is 3.47. The Balaban J connectivity index is 1.37. The zero-order chi connectivity index (χ0) is 20.7. The van der Waals surface area contributed by atoms with Gasteiger partial charge < -0.3 is 9.88 Å². The van der Waals surface area contributed by atoms with Crippen LogP contribution in [0.3, 0.4) is 0 Å². The molecule has 0 spiro atoms. The number of likely N-dealkylation sites (tertiary alicyclic amines) is 2. The van der Waals surface area contributed by atoms with Gasteiger partial charge in [0.25, 0.3) is 5.91 Å². The van der Waals surface area contributed by atoms with Gasteiger partial charge in [0.2, 0.25) is 0 Å². The quantitative estimate of drug-likeness (QED) is 0.833. The summed E-state index contributed by atoms with van der Waals surface area (Å²) >= 11 is 0. The summed E-state index contributed by atoms with van der Waals surface area (Å²) in [5.41, 5.74) is 4.60. The van der Waals surface area contributed by atoms with E-state index in [1.54, 1.807) is 0 Å². The number of hydrogen-bond donors (Lipinski definition) is 1. The van der Waals surface area contributed by atoms with Crippen LogP contribution >= 0.6 is 0 Å². The minimum atomic E-state index is 0.0868. The fourth-order valence-electron chi connectivity index (χ4n) is 5.88. The number of rotatable bonds is 4. The van der Waals surface area contributed by atoms with Gasteiger partial charge >= 0.3 is 0 Å². The number of Topliss-reactive ketones (excluding diaryl/α,β-unsaturated/α-hetero) is 1. The fourth-order valence-corrected chi connectivity index (χ4v) is 5.88. The van der Waals surface area contributed by atoms with E-state index in [4.69, 9.17) is 0 Å². The number of benzene rings is 1. The molecule has 0 saturated carbocycles. The highest BCUT2D eigenvalue weighted by Gasteiger charge is 2.41. The van der Waals surface area contributed by atoms with Crippen LogP contribution in [0, 0.1) is 6.92 Å². The molecule has 3 heterocycles. The second-order valence-electron chi connectivity index (χ2n) is 9.13. The number of ketones is 1. The largest absolute Gasteiger partial charge is 0.354 e. The van der Waals surface area contributed by atoms with Gasteiger partial charge in [-0.25, -0.2) is 0 Å². The van der Waals surface area contributed by atoms with Crippen LogP contribution < -0.4 is 0 Å². The number of amides is 1. The van der Waals surface area contributed by atoms with Crippen molar-refractivity contribution in [2.75, 3.05) is 13.1 Å². The third kappa shape index (κ3) is 3.39. The topological polar surface area (TPSA) is 56.4 Å². The molecule has 158 valence electrons. The smallest absolute Gasteiger partial charge is 0.270 e. The van der Waals surface area contributed by atoms with Crippen LogP contribution in [0.2, 0.25) is 0 Å². The summed E-state index contributed by atoms with van der Waals surface area (Å²) in [7, 11) is 0. The number of aromatic nitrogens is 1. The average molecular weight is 406 g/mol. The van der Waals surface area contributed by atoms with Crippen molar-refractivity contribution in [1.82, 2.24) is 14.8 Å². The van der Waals surface area contributed by atoms with Gasteiger partial charge in [0.15, 0.2) is 5.78 Å². The Morgan fingerprint density at radius 3 is 2.60 bits per heavy atom. The van der Waals surface area contributed by atoms with E-state index in [9.17, 15) is 9.59 Å². The van der Waals surface area contributed by atoms with E-state index in [0.29, 0.717) is 18.2 Å². The van der Waals surface area contributed by atoms with Gasteiger partial charge in [0, 0.05) is 42.9 Å². The highest BCUT2D eigenvalue weighted by molar-refractivity contribution is 6.04. The van der Waals surface area contributed by atoms with E-state index in [1.165, 1.54) is 12.0 Å². The van der Waals surface area contributed by atoms with Gasteiger partial charge in [0.05, 0.1) is 0 Å². The highest BCUT2D eigenvalue weighted by atomic mass is 16.2. The van der Waals surface area contributed by atoms with Crippen molar-refractivity contribution in [2.24, 2.45) is 0 Å². The lowest BCUT2D eigenvalue weighted by molar-refractivity contribution is 0.0633. The molecular weight excluding hydrogens is 374 g/mol. The van der Waals surface area contributed by atoms with E-state index in [0.717, 1.165) is 68.6 Å². The molecule has 5 nitrogen and oxygen atoms in total. The molecule has 5 heteroatoms. The molecule has 2 aromatic rings. The zero-order valence-corrected chi connectivity index (χ0v) is 17.8. The third-order valence-electron chi connectivity index (χ3n) is 7.30. The maximum absolute atomic E-state index is 13.6. The van der Waals surface area contributed by atoms with Gasteiger partial charge in [-0.1, -0.05) is 30.3 Å². The molecule has 2 atom stereocenters. The lowest BCUT2D eigenvalue weighted by Crippen LogP contribution is -2.48. The van der Waals surface area contributed by atoms with Crippen molar-refractivity contribution in [2.45, 2.75) is 70.5 Å². The molecule has 0 bridgehead atoms. The first-order valence-electron chi connectivity index (χ1n) is 11.5. The summed E-state index contributed by atoms with van der Waals surface area (Å²) in [5.74, 6) is 0.274. The summed E-state index contributed by atoms with van der Waals surface area (Å²) in [5, 5.41) is 0. The van der Waals surface area contributed by atoms with E-state index in [2.05, 4.69) is 45.1 Å². The SMILES string of the molecule is Cc1c(C(=O)N2CCCC2C2CCCN2Cc2ccccc2)[nH]c2c1C(=O)CCC2. The van der Waals surface area contributed by atoms with Gasteiger partial charge in [-0.2, -0.15) is 0 Å². The number of carbonyl (C=O) groups is 2. The Bertz CT molecular complexity index is 949. The molecule has 30 heavy (non-hydrogen) atoms. The number of H-pyrrole nitrogens is 1. The van der Waals surface area contributed by atoms with E-state index >= 15 is 0 Å². The maximum atomic E-state index is 13.6. The second-order valence-corrected chi connectivity index (χ2v) is 9.13. The van der Waals surface area contributed by atoms with Crippen LogP contribution in [0.4, 0.5) is 0 Å². The van der Waals surface area contributed by atoms with Crippen molar-refractivity contribution in [3.05, 3.63) is 58.4 Å². The number of nitrogens with one attached hydrogen (secondary N) is 1. The van der Waals surface area contributed by atoms with Crippen LogP contribution in [0.25, 0.3) is 0 Å². The molecule has 2 unspecified atom stereocenters. The standard InChI is InChI=1S/C25H31N3O2/c1-17-23-19(10-5-13-22(23)29)26-24(17)25(30)28-15-7-12-21(28)20-11-6-14-27(20)16-18-8-3-2-4-9-18/h2-4,8-9,20-21,26H,5-7,10-16H2,1H3. The monoisotopic (exact) mass is 405 g/mol. The molecule has 2 saturated heterocycles. The summed E-state index contributed by atoms with van der Waals surface area (Å²) in [6.45, 7) is 4.81. The minimum Gasteiger partial charge on any atom is -0.354 e. The Labute approximate surface area is 178 Å². The second kappa shape index (κ2) is 8.03. The molecule has 0 radical (unpaired) electrons. The van der Waals surface area contributed by atoms with Crippen LogP contribution in [0.1, 0.15) is 76.2 Å². The highest BCUT2D eigenvalue weighted by Crippen LogP contribution is 2.33. The zero-order valence-electron chi connectivity index (χ0n) is 17.8. The Hall–Kier alpha value is -2.40. The summed E-state index contributed by atoms with van der Waals surface area (Å²) in [6, 6.07) is 11.3. The lowest BCUT2D eigenvalue weighted by atomic mass is 9.93. The molecule has 1 amide bonds. The Morgan fingerprint density at radius 1 is 1.03 bits per heavy atom. The van der Waals surface area contributed by atoms with Crippen LogP contribution in [-0.4, -0.2) is 51.6 Å².